The topological polar surface area (TPSA) is 35.5 Å². The van der Waals surface area contributed by atoms with Crippen LogP contribution in [0.5, 0.6) is 0 Å². The lowest BCUT2D eigenvalue weighted by Gasteiger charge is -2.25. The summed E-state index contributed by atoms with van der Waals surface area (Å²) in [6.07, 6.45) is 2.15. The number of allylic oxidation sites excluding steroid dienone is 1. The Morgan fingerprint density at radius 3 is 2.94 bits per heavy atom. The molecule has 1 saturated heterocycles. The van der Waals surface area contributed by atoms with Crippen LogP contribution in [0.15, 0.2) is 24.5 Å². The first-order chi connectivity index (χ1) is 7.58. The highest BCUT2D eigenvalue weighted by Crippen LogP contribution is 2.58. The van der Waals surface area contributed by atoms with E-state index in [0.717, 1.165) is 18.6 Å². The molecule has 2 aliphatic carbocycles. The van der Waals surface area contributed by atoms with Crippen LogP contribution in [0.25, 0.3) is 0 Å². The Kier molecular flexibility index (Phi) is 1.94. The van der Waals surface area contributed by atoms with Crippen molar-refractivity contribution in [3.63, 3.8) is 0 Å². The van der Waals surface area contributed by atoms with E-state index in [1.54, 1.807) is 6.92 Å². The smallest absolute Gasteiger partial charge is 0.333 e. The van der Waals surface area contributed by atoms with Gasteiger partial charge >= 0.3 is 5.97 Å². The summed E-state index contributed by atoms with van der Waals surface area (Å²) in [7, 11) is 0. The largest absolute Gasteiger partial charge is 0.491 e. The number of hydrogen-bond acceptors (Lipinski definition) is 3. The number of fused-ring (bicyclic) bond motifs is 1. The van der Waals surface area contributed by atoms with Gasteiger partial charge in [0.2, 0.25) is 0 Å². The number of carbonyl (C=O) groups is 1. The van der Waals surface area contributed by atoms with E-state index in [-0.39, 0.29) is 18.2 Å². The van der Waals surface area contributed by atoms with Gasteiger partial charge in [0.15, 0.2) is 0 Å². The normalized spacial score (nSPS) is 43.3. The maximum Gasteiger partial charge on any atom is 0.333 e. The number of rotatable bonds is 2. The Hall–Kier alpha value is -1.25. The lowest BCUT2D eigenvalue weighted by Crippen LogP contribution is -2.36. The third-order valence-corrected chi connectivity index (χ3v) is 4.15. The van der Waals surface area contributed by atoms with E-state index in [0.29, 0.717) is 23.3 Å². The molecule has 0 radical (unpaired) electrons. The van der Waals surface area contributed by atoms with Crippen molar-refractivity contribution in [1.82, 2.24) is 0 Å². The van der Waals surface area contributed by atoms with Crippen LogP contribution in [-0.2, 0) is 14.3 Å². The quantitative estimate of drug-likeness (QED) is 0.527. The fraction of sp³-hybridized carbons (Fsp3) is 0.615. The van der Waals surface area contributed by atoms with Crippen LogP contribution in [0.4, 0.5) is 0 Å². The molecule has 0 aromatic rings. The zero-order valence-electron chi connectivity index (χ0n) is 9.44. The molecule has 3 heteroatoms. The number of carbonyl (C=O) groups excluding carboxylic acids is 1. The maximum atomic E-state index is 11.5. The molecule has 0 aromatic heterocycles. The fourth-order valence-electron chi connectivity index (χ4n) is 3.43. The predicted octanol–water partition coefficient (Wildman–Crippen LogP) is 2.04. The van der Waals surface area contributed by atoms with Crippen molar-refractivity contribution < 1.29 is 14.3 Å². The monoisotopic (exact) mass is 220 g/mol. The van der Waals surface area contributed by atoms with Gasteiger partial charge in [0.25, 0.3) is 0 Å². The first kappa shape index (κ1) is 9.94. The van der Waals surface area contributed by atoms with Crippen LogP contribution in [0.2, 0.25) is 0 Å². The molecule has 16 heavy (non-hydrogen) atoms. The molecule has 0 amide bonds. The van der Waals surface area contributed by atoms with E-state index >= 15 is 0 Å². The lowest BCUT2D eigenvalue weighted by atomic mass is 9.87. The number of ether oxygens (including phenoxy) is 2. The Bertz CT molecular complexity index is 385. The average molecular weight is 220 g/mol. The van der Waals surface area contributed by atoms with Crippen molar-refractivity contribution in [1.29, 1.82) is 0 Å². The highest BCUT2D eigenvalue weighted by molar-refractivity contribution is 5.87. The van der Waals surface area contributed by atoms with Crippen LogP contribution >= 0.6 is 0 Å². The molecule has 5 atom stereocenters. The van der Waals surface area contributed by atoms with Crippen LogP contribution in [-0.4, -0.2) is 18.2 Å². The van der Waals surface area contributed by atoms with Crippen molar-refractivity contribution in [3.05, 3.63) is 24.5 Å². The van der Waals surface area contributed by atoms with Gasteiger partial charge in [-0.05, 0) is 19.8 Å². The minimum absolute atomic E-state index is 0.0551. The summed E-state index contributed by atoms with van der Waals surface area (Å²) in [6.45, 7) is 9.22. The Labute approximate surface area is 95.1 Å². The van der Waals surface area contributed by atoms with Crippen LogP contribution in [0, 0.1) is 17.8 Å². The molecule has 0 spiro atoms. The predicted molar refractivity (Wildman–Crippen MR) is 58.4 cm³/mol. The van der Waals surface area contributed by atoms with Gasteiger partial charge in [0, 0.05) is 23.3 Å². The van der Waals surface area contributed by atoms with Gasteiger partial charge in [-0.25, -0.2) is 4.79 Å². The number of esters is 1. The SMILES string of the molecule is C=C(C)C(=O)OC1C2CC3C(=C)OC1C3C2. The second-order valence-electron chi connectivity index (χ2n) is 5.20. The molecule has 2 bridgehead atoms. The zero-order chi connectivity index (χ0) is 11.4. The summed E-state index contributed by atoms with van der Waals surface area (Å²) < 4.78 is 11.2. The van der Waals surface area contributed by atoms with Gasteiger partial charge in [-0.1, -0.05) is 13.2 Å². The Balaban J connectivity index is 1.77. The summed E-state index contributed by atoms with van der Waals surface area (Å²) in [6, 6.07) is 0. The maximum absolute atomic E-state index is 11.5. The van der Waals surface area contributed by atoms with Gasteiger partial charge in [0.05, 0.1) is 5.76 Å². The van der Waals surface area contributed by atoms with E-state index in [9.17, 15) is 4.79 Å². The van der Waals surface area contributed by atoms with E-state index in [2.05, 4.69) is 13.2 Å². The van der Waals surface area contributed by atoms with Crippen molar-refractivity contribution in [3.8, 4) is 0 Å². The Morgan fingerprint density at radius 2 is 2.25 bits per heavy atom. The summed E-state index contributed by atoms with van der Waals surface area (Å²) in [5, 5.41) is 0. The molecule has 0 aromatic carbocycles. The molecule has 3 nitrogen and oxygen atoms in total. The molecule has 3 rings (SSSR count). The Morgan fingerprint density at radius 1 is 1.50 bits per heavy atom. The third-order valence-electron chi connectivity index (χ3n) is 4.15. The average Bonchev–Trinajstić information content (AvgIpc) is 2.81. The summed E-state index contributed by atoms with van der Waals surface area (Å²) >= 11 is 0. The molecule has 86 valence electrons. The first-order valence-corrected chi connectivity index (χ1v) is 5.80. The zero-order valence-corrected chi connectivity index (χ0v) is 9.44. The van der Waals surface area contributed by atoms with Crippen molar-refractivity contribution in [2.24, 2.45) is 17.8 Å². The van der Waals surface area contributed by atoms with E-state index in [1.165, 1.54) is 0 Å². The van der Waals surface area contributed by atoms with Gasteiger partial charge < -0.3 is 9.47 Å². The van der Waals surface area contributed by atoms with Gasteiger partial charge in [0.1, 0.15) is 12.2 Å². The van der Waals surface area contributed by atoms with E-state index in [1.807, 2.05) is 0 Å². The molecular formula is C13H16O3. The highest BCUT2D eigenvalue weighted by atomic mass is 16.6. The molecular weight excluding hydrogens is 204 g/mol. The number of hydrogen-bond donors (Lipinski definition) is 0. The second-order valence-corrected chi connectivity index (χ2v) is 5.20. The van der Waals surface area contributed by atoms with Crippen molar-refractivity contribution in [2.45, 2.75) is 32.0 Å². The summed E-state index contributed by atoms with van der Waals surface area (Å²) in [5.74, 6) is 2.10. The summed E-state index contributed by atoms with van der Waals surface area (Å²) in [5.41, 5.74) is 0.455. The van der Waals surface area contributed by atoms with Gasteiger partial charge in [-0.15, -0.1) is 0 Å². The molecule has 5 unspecified atom stereocenters. The molecule has 2 saturated carbocycles. The molecule has 0 N–H and O–H groups in total. The van der Waals surface area contributed by atoms with E-state index in [4.69, 9.17) is 9.47 Å². The van der Waals surface area contributed by atoms with Gasteiger partial charge in [-0.2, -0.15) is 0 Å². The van der Waals surface area contributed by atoms with Crippen molar-refractivity contribution in [2.75, 3.05) is 0 Å². The van der Waals surface area contributed by atoms with Crippen LogP contribution in [0.3, 0.4) is 0 Å². The highest BCUT2D eigenvalue weighted by Gasteiger charge is 2.61. The van der Waals surface area contributed by atoms with Crippen LogP contribution in [0.1, 0.15) is 19.8 Å². The lowest BCUT2D eigenvalue weighted by molar-refractivity contribution is -0.151. The minimum Gasteiger partial charge on any atom is -0.491 e. The van der Waals surface area contributed by atoms with E-state index < -0.39 is 0 Å². The molecule has 3 fully saturated rings. The van der Waals surface area contributed by atoms with Gasteiger partial charge in [-0.3, -0.25) is 0 Å². The summed E-state index contributed by atoms with van der Waals surface area (Å²) in [4.78, 5) is 11.5. The van der Waals surface area contributed by atoms with Crippen LogP contribution < -0.4 is 0 Å². The minimum atomic E-state index is -0.296. The molecule has 1 aliphatic heterocycles. The standard InChI is InChI=1S/C13H16O3/c1-6(2)13(14)16-11-8-4-9-7(3)15-12(11)10(9)5-8/h8-12H,1,3-5H2,2H3. The third kappa shape index (κ3) is 1.17. The molecule has 3 aliphatic rings. The molecule has 1 heterocycles. The van der Waals surface area contributed by atoms with Crippen molar-refractivity contribution >= 4 is 5.97 Å². The second kappa shape index (κ2) is 3.12. The fourth-order valence-corrected chi connectivity index (χ4v) is 3.43. The first-order valence-electron chi connectivity index (χ1n) is 5.80.